The molecule has 20 heavy (non-hydrogen) atoms. The van der Waals surface area contributed by atoms with Gasteiger partial charge in [-0.15, -0.1) is 0 Å². The summed E-state index contributed by atoms with van der Waals surface area (Å²) < 4.78 is 6.00. The van der Waals surface area contributed by atoms with Crippen molar-refractivity contribution >= 4 is 0 Å². The maximum Gasteiger partial charge on any atom is 0.125 e. The van der Waals surface area contributed by atoms with Crippen LogP contribution in [-0.2, 0) is 10.3 Å². The first-order chi connectivity index (χ1) is 9.53. The van der Waals surface area contributed by atoms with Crippen molar-refractivity contribution in [1.29, 1.82) is 0 Å². The summed E-state index contributed by atoms with van der Waals surface area (Å²) in [4.78, 5) is 0. The molecule has 0 radical (unpaired) electrons. The molecule has 1 saturated carbocycles. The maximum atomic E-state index is 10.7. The van der Waals surface area contributed by atoms with Gasteiger partial charge in [0.2, 0.25) is 0 Å². The Bertz CT molecular complexity index is 399. The van der Waals surface area contributed by atoms with E-state index in [0.717, 1.165) is 18.4 Å². The molecule has 3 atom stereocenters. The molecule has 0 aromatic heterocycles. The highest BCUT2D eigenvalue weighted by molar-refractivity contribution is 5.22. The molecule has 1 aromatic carbocycles. The van der Waals surface area contributed by atoms with Crippen LogP contribution in [0.2, 0.25) is 0 Å². The zero-order valence-electron chi connectivity index (χ0n) is 12.6. The number of aliphatic hydroxyl groups is 1. The lowest BCUT2D eigenvalue weighted by Crippen LogP contribution is -2.41. The molecular formula is C17H27NO2. The molecule has 3 unspecified atom stereocenters. The van der Waals surface area contributed by atoms with Gasteiger partial charge >= 0.3 is 0 Å². The third-order valence-electron chi connectivity index (χ3n) is 4.34. The monoisotopic (exact) mass is 277 g/mol. The number of rotatable bonds is 5. The van der Waals surface area contributed by atoms with E-state index in [9.17, 15) is 5.11 Å². The Morgan fingerprint density at radius 3 is 2.30 bits per heavy atom. The van der Waals surface area contributed by atoms with Crippen LogP contribution in [0.3, 0.4) is 0 Å². The maximum absolute atomic E-state index is 10.7. The van der Waals surface area contributed by atoms with Crippen LogP contribution in [0.25, 0.3) is 0 Å². The summed E-state index contributed by atoms with van der Waals surface area (Å²) in [5.41, 5.74) is 5.53. The minimum atomic E-state index is -1.08. The predicted molar refractivity (Wildman–Crippen MR) is 81.3 cm³/mol. The smallest absolute Gasteiger partial charge is 0.125 e. The van der Waals surface area contributed by atoms with E-state index in [-0.39, 0.29) is 19.3 Å². The minimum absolute atomic E-state index is 0.175. The zero-order valence-corrected chi connectivity index (χ0v) is 12.6. The van der Waals surface area contributed by atoms with Crippen LogP contribution in [0.5, 0.6) is 0 Å². The van der Waals surface area contributed by atoms with Crippen LogP contribution in [0.15, 0.2) is 30.3 Å². The Morgan fingerprint density at radius 2 is 1.75 bits per heavy atom. The molecule has 1 fully saturated rings. The van der Waals surface area contributed by atoms with E-state index in [1.54, 1.807) is 0 Å². The van der Waals surface area contributed by atoms with Crippen molar-refractivity contribution in [3.8, 4) is 0 Å². The number of nitrogens with two attached hydrogens (primary N) is 1. The fourth-order valence-electron chi connectivity index (χ4n) is 3.27. The summed E-state index contributed by atoms with van der Waals surface area (Å²) in [6, 6.07) is 9.58. The Hall–Kier alpha value is -0.900. The first-order valence-electron chi connectivity index (χ1n) is 7.63. The standard InChI is InChI=1S/C17H27NO2/c1-13-8-14(2)10-16(9-13)20-12-17(19,11-18)15-6-4-3-5-7-15/h3-7,13-14,16,19H,8-12,18H2,1-2H3. The summed E-state index contributed by atoms with van der Waals surface area (Å²) >= 11 is 0. The van der Waals surface area contributed by atoms with Crippen LogP contribution in [-0.4, -0.2) is 24.4 Å². The lowest BCUT2D eigenvalue weighted by Gasteiger charge is -2.34. The third-order valence-corrected chi connectivity index (χ3v) is 4.34. The van der Waals surface area contributed by atoms with Gasteiger partial charge < -0.3 is 15.6 Å². The average Bonchev–Trinajstić information content (AvgIpc) is 2.45. The van der Waals surface area contributed by atoms with Gasteiger partial charge in [-0.25, -0.2) is 0 Å². The molecular weight excluding hydrogens is 250 g/mol. The SMILES string of the molecule is CC1CC(C)CC(OCC(O)(CN)c2ccccc2)C1. The molecule has 0 bridgehead atoms. The van der Waals surface area contributed by atoms with Crippen molar-refractivity contribution in [3.05, 3.63) is 35.9 Å². The van der Waals surface area contributed by atoms with Crippen molar-refractivity contribution in [2.24, 2.45) is 17.6 Å². The molecule has 1 aromatic rings. The van der Waals surface area contributed by atoms with Gasteiger partial charge in [-0.3, -0.25) is 0 Å². The zero-order chi connectivity index (χ0) is 14.6. The quantitative estimate of drug-likeness (QED) is 0.870. The molecule has 1 aliphatic rings. The van der Waals surface area contributed by atoms with Gasteiger partial charge in [0, 0.05) is 6.54 Å². The second-order valence-electron chi connectivity index (χ2n) is 6.45. The molecule has 0 aliphatic heterocycles. The van der Waals surface area contributed by atoms with E-state index < -0.39 is 5.60 Å². The highest BCUT2D eigenvalue weighted by atomic mass is 16.5. The molecule has 0 amide bonds. The Labute approximate surface area is 122 Å². The van der Waals surface area contributed by atoms with Crippen LogP contribution in [0.4, 0.5) is 0 Å². The second kappa shape index (κ2) is 6.70. The van der Waals surface area contributed by atoms with Crippen LogP contribution < -0.4 is 5.73 Å². The van der Waals surface area contributed by atoms with Crippen LogP contribution in [0.1, 0.15) is 38.7 Å². The molecule has 2 rings (SSSR count). The van der Waals surface area contributed by atoms with Gasteiger partial charge in [-0.2, -0.15) is 0 Å². The van der Waals surface area contributed by atoms with E-state index in [4.69, 9.17) is 10.5 Å². The Kier molecular flexibility index (Phi) is 5.19. The summed E-state index contributed by atoms with van der Waals surface area (Å²) in [5, 5.41) is 10.7. The van der Waals surface area contributed by atoms with E-state index >= 15 is 0 Å². The number of ether oxygens (including phenoxy) is 1. The summed E-state index contributed by atoms with van der Waals surface area (Å²) in [6.07, 6.45) is 3.69. The van der Waals surface area contributed by atoms with Gasteiger partial charge in [-0.1, -0.05) is 44.2 Å². The normalized spacial score (nSPS) is 29.9. The lowest BCUT2D eigenvalue weighted by atomic mass is 9.81. The van der Waals surface area contributed by atoms with E-state index in [2.05, 4.69) is 13.8 Å². The lowest BCUT2D eigenvalue weighted by molar-refractivity contribution is -0.0893. The number of hydrogen-bond donors (Lipinski definition) is 2. The van der Waals surface area contributed by atoms with Crippen LogP contribution >= 0.6 is 0 Å². The number of hydrogen-bond acceptors (Lipinski definition) is 3. The molecule has 0 heterocycles. The Balaban J connectivity index is 1.97. The fraction of sp³-hybridized carbons (Fsp3) is 0.647. The van der Waals surface area contributed by atoms with Crippen LogP contribution in [0, 0.1) is 11.8 Å². The first-order valence-corrected chi connectivity index (χ1v) is 7.63. The van der Waals surface area contributed by atoms with Gasteiger partial charge in [0.05, 0.1) is 12.7 Å². The predicted octanol–water partition coefficient (Wildman–Crippen LogP) is 2.67. The van der Waals surface area contributed by atoms with Gasteiger partial charge in [0.15, 0.2) is 0 Å². The average molecular weight is 277 g/mol. The summed E-state index contributed by atoms with van der Waals surface area (Å²) in [6.45, 7) is 5.00. The Morgan fingerprint density at radius 1 is 1.15 bits per heavy atom. The van der Waals surface area contributed by atoms with E-state index in [1.165, 1.54) is 6.42 Å². The first kappa shape index (κ1) is 15.5. The van der Waals surface area contributed by atoms with Crippen molar-refractivity contribution in [2.75, 3.05) is 13.2 Å². The van der Waals surface area contributed by atoms with Gasteiger partial charge in [-0.05, 0) is 36.7 Å². The molecule has 112 valence electrons. The van der Waals surface area contributed by atoms with Gasteiger partial charge in [0.1, 0.15) is 5.60 Å². The number of benzene rings is 1. The van der Waals surface area contributed by atoms with E-state index in [1.807, 2.05) is 30.3 Å². The largest absolute Gasteiger partial charge is 0.381 e. The van der Waals surface area contributed by atoms with Crippen molar-refractivity contribution < 1.29 is 9.84 Å². The molecule has 0 spiro atoms. The molecule has 3 nitrogen and oxygen atoms in total. The van der Waals surface area contributed by atoms with Crippen molar-refractivity contribution in [1.82, 2.24) is 0 Å². The van der Waals surface area contributed by atoms with E-state index in [0.29, 0.717) is 11.8 Å². The molecule has 3 N–H and O–H groups in total. The van der Waals surface area contributed by atoms with Crippen molar-refractivity contribution in [2.45, 2.75) is 44.8 Å². The van der Waals surface area contributed by atoms with Crippen molar-refractivity contribution in [3.63, 3.8) is 0 Å². The summed E-state index contributed by atoms with van der Waals surface area (Å²) in [7, 11) is 0. The molecule has 0 saturated heterocycles. The summed E-state index contributed by atoms with van der Waals surface area (Å²) in [5.74, 6) is 1.40. The topological polar surface area (TPSA) is 55.5 Å². The third kappa shape index (κ3) is 3.81. The molecule has 3 heteroatoms. The highest BCUT2D eigenvalue weighted by Crippen LogP contribution is 2.31. The second-order valence-corrected chi connectivity index (χ2v) is 6.45. The molecule has 1 aliphatic carbocycles. The fourth-order valence-corrected chi connectivity index (χ4v) is 3.27. The van der Waals surface area contributed by atoms with Gasteiger partial charge in [0.25, 0.3) is 0 Å². The highest BCUT2D eigenvalue weighted by Gasteiger charge is 2.31. The minimum Gasteiger partial charge on any atom is -0.381 e.